The smallest absolute Gasteiger partial charge is 0.278 e. The van der Waals surface area contributed by atoms with Gasteiger partial charge in [0.05, 0.1) is 0 Å². The molecule has 0 radical (unpaired) electrons. The van der Waals surface area contributed by atoms with Crippen molar-refractivity contribution < 1.29 is 10.5 Å². The SMILES string of the molecule is CC[C@H](C)[C@H]([NH3+])C(=O)NCCC(c1ccccc1)c1ccccc1. The second-order valence-electron chi connectivity index (χ2n) is 6.45. The lowest BCUT2D eigenvalue weighted by Gasteiger charge is -2.19. The molecule has 0 heterocycles. The summed E-state index contributed by atoms with van der Waals surface area (Å²) >= 11 is 0. The zero-order valence-electron chi connectivity index (χ0n) is 14.7. The van der Waals surface area contributed by atoms with Crippen LogP contribution in [-0.2, 0) is 4.79 Å². The number of nitrogens with one attached hydrogen (secondary N) is 1. The van der Waals surface area contributed by atoms with Gasteiger partial charge in [0.2, 0.25) is 0 Å². The quantitative estimate of drug-likeness (QED) is 0.770. The second kappa shape index (κ2) is 9.24. The molecule has 128 valence electrons. The largest absolute Gasteiger partial charge is 0.351 e. The Bertz CT molecular complexity index is 573. The van der Waals surface area contributed by atoms with Gasteiger partial charge in [0.15, 0.2) is 6.04 Å². The first-order valence-electron chi connectivity index (χ1n) is 8.84. The van der Waals surface area contributed by atoms with Crippen molar-refractivity contribution in [2.75, 3.05) is 6.54 Å². The van der Waals surface area contributed by atoms with Gasteiger partial charge in [-0.25, -0.2) is 0 Å². The standard InChI is InChI=1S/C21H28N2O/c1-3-16(2)20(22)21(24)23-15-14-19(17-10-6-4-7-11-17)18-12-8-5-9-13-18/h4-13,16,19-20H,3,14-15,22H2,1-2H3,(H,23,24)/p+1/t16-,20-/m0/s1. The highest BCUT2D eigenvalue weighted by Crippen LogP contribution is 2.27. The van der Waals surface area contributed by atoms with Crippen LogP contribution < -0.4 is 11.1 Å². The Morgan fingerprint density at radius 1 is 1.00 bits per heavy atom. The fourth-order valence-electron chi connectivity index (χ4n) is 2.91. The van der Waals surface area contributed by atoms with Crippen molar-refractivity contribution in [1.29, 1.82) is 0 Å². The van der Waals surface area contributed by atoms with Crippen molar-refractivity contribution in [1.82, 2.24) is 5.32 Å². The van der Waals surface area contributed by atoms with E-state index in [0.717, 1.165) is 12.8 Å². The second-order valence-corrected chi connectivity index (χ2v) is 6.45. The van der Waals surface area contributed by atoms with Crippen LogP contribution in [-0.4, -0.2) is 18.5 Å². The van der Waals surface area contributed by atoms with Crippen LogP contribution in [0.1, 0.15) is 43.7 Å². The molecule has 0 spiro atoms. The van der Waals surface area contributed by atoms with Crippen LogP contribution in [0.3, 0.4) is 0 Å². The molecule has 1 amide bonds. The number of benzene rings is 2. The third-order valence-corrected chi connectivity index (χ3v) is 4.80. The Morgan fingerprint density at radius 2 is 1.50 bits per heavy atom. The van der Waals surface area contributed by atoms with Gasteiger partial charge < -0.3 is 11.1 Å². The Balaban J connectivity index is 2.01. The van der Waals surface area contributed by atoms with E-state index in [9.17, 15) is 4.79 Å². The van der Waals surface area contributed by atoms with Gasteiger partial charge in [0, 0.05) is 18.4 Å². The summed E-state index contributed by atoms with van der Waals surface area (Å²) in [7, 11) is 0. The summed E-state index contributed by atoms with van der Waals surface area (Å²) in [5, 5.41) is 3.07. The molecular weight excluding hydrogens is 296 g/mol. The summed E-state index contributed by atoms with van der Waals surface area (Å²) in [6.07, 6.45) is 1.85. The summed E-state index contributed by atoms with van der Waals surface area (Å²) < 4.78 is 0. The van der Waals surface area contributed by atoms with Gasteiger partial charge in [-0.05, 0) is 24.0 Å². The molecule has 0 unspecified atom stereocenters. The van der Waals surface area contributed by atoms with E-state index in [-0.39, 0.29) is 11.9 Å². The summed E-state index contributed by atoms with van der Waals surface area (Å²) in [5.74, 6) is 0.660. The van der Waals surface area contributed by atoms with E-state index >= 15 is 0 Å². The Labute approximate surface area is 145 Å². The molecule has 3 heteroatoms. The van der Waals surface area contributed by atoms with Crippen molar-refractivity contribution in [3.05, 3.63) is 71.8 Å². The Hall–Kier alpha value is -2.13. The zero-order chi connectivity index (χ0) is 17.4. The van der Waals surface area contributed by atoms with Crippen LogP contribution in [0.2, 0.25) is 0 Å². The minimum absolute atomic E-state index is 0.0595. The Kier molecular flexibility index (Phi) is 7.01. The molecule has 3 nitrogen and oxygen atoms in total. The maximum Gasteiger partial charge on any atom is 0.278 e. The zero-order valence-corrected chi connectivity index (χ0v) is 14.7. The number of carbonyl (C=O) groups excluding carboxylic acids is 1. The third-order valence-electron chi connectivity index (χ3n) is 4.80. The van der Waals surface area contributed by atoms with Gasteiger partial charge in [0.25, 0.3) is 5.91 Å². The van der Waals surface area contributed by atoms with Gasteiger partial charge in [0.1, 0.15) is 0 Å². The Morgan fingerprint density at radius 3 is 1.96 bits per heavy atom. The molecule has 0 saturated heterocycles. The van der Waals surface area contributed by atoms with Gasteiger partial charge in [-0.2, -0.15) is 0 Å². The third kappa shape index (κ3) is 4.93. The van der Waals surface area contributed by atoms with E-state index in [1.165, 1.54) is 11.1 Å². The van der Waals surface area contributed by atoms with E-state index in [1.54, 1.807) is 0 Å². The minimum Gasteiger partial charge on any atom is -0.351 e. The highest BCUT2D eigenvalue weighted by atomic mass is 16.2. The maximum absolute atomic E-state index is 12.2. The molecule has 2 aromatic rings. The van der Waals surface area contributed by atoms with Crippen molar-refractivity contribution in [2.24, 2.45) is 5.92 Å². The average molecular weight is 325 g/mol. The van der Waals surface area contributed by atoms with Gasteiger partial charge in [-0.1, -0.05) is 74.5 Å². The number of quaternary nitrogens is 1. The fraction of sp³-hybridized carbons (Fsp3) is 0.381. The first-order valence-corrected chi connectivity index (χ1v) is 8.84. The van der Waals surface area contributed by atoms with Crippen LogP contribution in [0.4, 0.5) is 0 Å². The van der Waals surface area contributed by atoms with Crippen LogP contribution in [0, 0.1) is 5.92 Å². The predicted octanol–water partition coefficient (Wildman–Crippen LogP) is 2.98. The predicted molar refractivity (Wildman–Crippen MR) is 98.5 cm³/mol. The highest BCUT2D eigenvalue weighted by Gasteiger charge is 2.23. The summed E-state index contributed by atoms with van der Waals surface area (Å²) in [6.45, 7) is 4.83. The molecule has 0 aliphatic rings. The number of amides is 1. The summed E-state index contributed by atoms with van der Waals surface area (Å²) in [4.78, 5) is 12.2. The van der Waals surface area contributed by atoms with Gasteiger partial charge >= 0.3 is 0 Å². The molecule has 2 aromatic carbocycles. The molecule has 0 fully saturated rings. The molecule has 24 heavy (non-hydrogen) atoms. The van der Waals surface area contributed by atoms with Crippen LogP contribution in [0.15, 0.2) is 60.7 Å². The molecular formula is C21H29N2O+. The fourth-order valence-corrected chi connectivity index (χ4v) is 2.91. The summed E-state index contributed by atoms with van der Waals surface area (Å²) in [6, 6.07) is 20.8. The normalized spacial score (nSPS) is 13.5. The molecule has 2 atom stereocenters. The monoisotopic (exact) mass is 325 g/mol. The van der Waals surface area contributed by atoms with Gasteiger partial charge in [-0.15, -0.1) is 0 Å². The molecule has 0 bridgehead atoms. The van der Waals surface area contributed by atoms with E-state index in [0.29, 0.717) is 18.4 Å². The summed E-state index contributed by atoms with van der Waals surface area (Å²) in [5.41, 5.74) is 6.58. The van der Waals surface area contributed by atoms with Crippen LogP contribution in [0.25, 0.3) is 0 Å². The van der Waals surface area contributed by atoms with Crippen molar-refractivity contribution in [3.8, 4) is 0 Å². The lowest BCUT2D eigenvalue weighted by Crippen LogP contribution is -2.70. The molecule has 0 aromatic heterocycles. The molecule has 4 N–H and O–H groups in total. The van der Waals surface area contributed by atoms with E-state index in [2.05, 4.69) is 73.4 Å². The molecule has 2 rings (SSSR count). The lowest BCUT2D eigenvalue weighted by atomic mass is 9.88. The topological polar surface area (TPSA) is 56.7 Å². The lowest BCUT2D eigenvalue weighted by molar-refractivity contribution is -0.415. The molecule has 0 aliphatic carbocycles. The molecule has 0 saturated carbocycles. The number of hydrogen-bond acceptors (Lipinski definition) is 1. The van der Waals surface area contributed by atoms with E-state index in [1.807, 2.05) is 12.1 Å². The minimum atomic E-state index is -0.179. The number of hydrogen-bond donors (Lipinski definition) is 2. The van der Waals surface area contributed by atoms with E-state index in [4.69, 9.17) is 0 Å². The van der Waals surface area contributed by atoms with Crippen molar-refractivity contribution in [3.63, 3.8) is 0 Å². The van der Waals surface area contributed by atoms with Gasteiger partial charge in [-0.3, -0.25) is 4.79 Å². The van der Waals surface area contributed by atoms with Crippen LogP contribution >= 0.6 is 0 Å². The van der Waals surface area contributed by atoms with Crippen molar-refractivity contribution in [2.45, 2.75) is 38.6 Å². The van der Waals surface area contributed by atoms with E-state index < -0.39 is 0 Å². The highest BCUT2D eigenvalue weighted by molar-refractivity contribution is 5.80. The number of carbonyl (C=O) groups is 1. The average Bonchev–Trinajstić information content (AvgIpc) is 2.65. The first kappa shape index (κ1) is 18.2. The van der Waals surface area contributed by atoms with Crippen LogP contribution in [0.5, 0.6) is 0 Å². The first-order chi connectivity index (χ1) is 11.6. The number of rotatable bonds is 8. The molecule has 0 aliphatic heterocycles. The maximum atomic E-state index is 12.2. The van der Waals surface area contributed by atoms with Crippen molar-refractivity contribution >= 4 is 5.91 Å².